The van der Waals surface area contributed by atoms with Crippen LogP contribution < -0.4 is 0 Å². The highest BCUT2D eigenvalue weighted by Crippen LogP contribution is 2.24. The zero-order chi connectivity index (χ0) is 14.4. The Hall–Kier alpha value is -1.55. The van der Waals surface area contributed by atoms with Crippen LogP contribution in [0.5, 0.6) is 5.75 Å². The van der Waals surface area contributed by atoms with Gasteiger partial charge in [-0.1, -0.05) is 26.0 Å². The van der Waals surface area contributed by atoms with Crippen molar-refractivity contribution in [3.63, 3.8) is 0 Å². The van der Waals surface area contributed by atoms with Crippen molar-refractivity contribution in [3.8, 4) is 5.75 Å². The minimum atomic E-state index is -0.219. The van der Waals surface area contributed by atoms with Gasteiger partial charge in [0, 0.05) is 12.6 Å². The number of carbonyl (C=O) groups excluding carboxylic acids is 1. The fraction of sp³-hybridized carbons (Fsp3) is 0.533. The Morgan fingerprint density at radius 3 is 2.47 bits per heavy atom. The third kappa shape index (κ3) is 3.47. The minimum absolute atomic E-state index is 0.0291. The smallest absolute Gasteiger partial charge is 0.257 e. The molecule has 0 saturated carbocycles. The van der Waals surface area contributed by atoms with Crippen LogP contribution in [-0.4, -0.2) is 40.2 Å². The lowest BCUT2D eigenvalue weighted by atomic mass is 10.1. The number of phenolic OH excluding ortho intramolecular Hbond substituents is 1. The van der Waals surface area contributed by atoms with Gasteiger partial charge >= 0.3 is 0 Å². The molecule has 0 bridgehead atoms. The Morgan fingerprint density at radius 2 is 1.95 bits per heavy atom. The molecule has 0 spiro atoms. The lowest BCUT2D eigenvalue weighted by molar-refractivity contribution is 0.0619. The quantitative estimate of drug-likeness (QED) is 0.830. The number of aliphatic hydroxyl groups is 1. The first-order valence-electron chi connectivity index (χ1n) is 6.77. The van der Waals surface area contributed by atoms with Gasteiger partial charge in [-0.25, -0.2) is 0 Å². The Morgan fingerprint density at radius 1 is 1.32 bits per heavy atom. The molecule has 1 amide bonds. The van der Waals surface area contributed by atoms with E-state index in [0.29, 0.717) is 17.7 Å². The summed E-state index contributed by atoms with van der Waals surface area (Å²) >= 11 is 0. The van der Waals surface area contributed by atoms with Crippen LogP contribution in [0.15, 0.2) is 18.2 Å². The molecule has 0 unspecified atom stereocenters. The predicted molar refractivity (Wildman–Crippen MR) is 75.3 cm³/mol. The molecule has 0 saturated heterocycles. The van der Waals surface area contributed by atoms with E-state index in [2.05, 4.69) is 0 Å². The molecule has 1 aromatic carbocycles. The maximum atomic E-state index is 12.5. The highest BCUT2D eigenvalue weighted by atomic mass is 16.3. The summed E-state index contributed by atoms with van der Waals surface area (Å²) in [6.45, 7) is 6.01. The van der Waals surface area contributed by atoms with Gasteiger partial charge in [-0.3, -0.25) is 4.79 Å². The minimum Gasteiger partial charge on any atom is -0.507 e. The van der Waals surface area contributed by atoms with Crippen LogP contribution in [0.25, 0.3) is 0 Å². The van der Waals surface area contributed by atoms with E-state index in [1.165, 1.54) is 0 Å². The fourth-order valence-electron chi connectivity index (χ4n) is 2.27. The number of benzene rings is 1. The zero-order valence-electron chi connectivity index (χ0n) is 11.9. The van der Waals surface area contributed by atoms with E-state index in [1.807, 2.05) is 13.8 Å². The van der Waals surface area contributed by atoms with Crippen molar-refractivity contribution < 1.29 is 15.0 Å². The highest BCUT2D eigenvalue weighted by molar-refractivity contribution is 5.97. The molecular weight excluding hydrogens is 242 g/mol. The molecule has 106 valence electrons. The molecule has 0 heterocycles. The molecule has 0 aliphatic carbocycles. The first-order valence-corrected chi connectivity index (χ1v) is 6.77. The van der Waals surface area contributed by atoms with Crippen LogP contribution in [0, 0.1) is 6.92 Å². The summed E-state index contributed by atoms with van der Waals surface area (Å²) in [6, 6.07) is 5.23. The molecule has 0 aliphatic rings. The first kappa shape index (κ1) is 15.5. The summed E-state index contributed by atoms with van der Waals surface area (Å²) < 4.78 is 0. The van der Waals surface area contributed by atoms with Crippen LogP contribution in [0.3, 0.4) is 0 Å². The van der Waals surface area contributed by atoms with Crippen molar-refractivity contribution in [2.45, 2.75) is 39.7 Å². The molecule has 4 heteroatoms. The van der Waals surface area contributed by atoms with E-state index in [4.69, 9.17) is 5.11 Å². The molecule has 0 aliphatic heterocycles. The van der Waals surface area contributed by atoms with Crippen LogP contribution in [-0.2, 0) is 0 Å². The number of rotatable bonds is 6. The average Bonchev–Trinajstić information content (AvgIpc) is 2.41. The molecule has 0 fully saturated rings. The van der Waals surface area contributed by atoms with Crippen LogP contribution in [0.1, 0.15) is 42.6 Å². The first-order chi connectivity index (χ1) is 9.06. The van der Waals surface area contributed by atoms with Crippen LogP contribution in [0.4, 0.5) is 0 Å². The number of carbonyl (C=O) groups is 1. The van der Waals surface area contributed by atoms with Gasteiger partial charge in [0.05, 0.1) is 12.2 Å². The fourth-order valence-corrected chi connectivity index (χ4v) is 2.27. The SMILES string of the molecule is CCC(CC)N(CCO)C(=O)c1cccc(C)c1O. The van der Waals surface area contributed by atoms with Gasteiger partial charge in [0.1, 0.15) is 5.75 Å². The van der Waals surface area contributed by atoms with Crippen LogP contribution in [0.2, 0.25) is 0 Å². The van der Waals surface area contributed by atoms with Crippen molar-refractivity contribution >= 4 is 5.91 Å². The van der Waals surface area contributed by atoms with E-state index < -0.39 is 0 Å². The van der Waals surface area contributed by atoms with E-state index in [-0.39, 0.29) is 24.3 Å². The second-order valence-corrected chi connectivity index (χ2v) is 4.66. The maximum absolute atomic E-state index is 12.5. The summed E-state index contributed by atoms with van der Waals surface area (Å²) in [7, 11) is 0. The predicted octanol–water partition coefficient (Wildman–Crippen LogP) is 2.32. The summed E-state index contributed by atoms with van der Waals surface area (Å²) in [5.41, 5.74) is 0.986. The van der Waals surface area contributed by atoms with Crippen molar-refractivity contribution in [1.82, 2.24) is 4.90 Å². The second kappa shape index (κ2) is 7.14. The number of phenols is 1. The number of aromatic hydroxyl groups is 1. The number of para-hydroxylation sites is 1. The average molecular weight is 265 g/mol. The maximum Gasteiger partial charge on any atom is 0.257 e. The zero-order valence-corrected chi connectivity index (χ0v) is 11.9. The van der Waals surface area contributed by atoms with Crippen molar-refractivity contribution in [1.29, 1.82) is 0 Å². The van der Waals surface area contributed by atoms with E-state index in [9.17, 15) is 9.90 Å². The number of aliphatic hydroxyl groups excluding tert-OH is 1. The van der Waals surface area contributed by atoms with Gasteiger partial charge in [-0.2, -0.15) is 0 Å². The lowest BCUT2D eigenvalue weighted by Gasteiger charge is -2.30. The number of hydrogen-bond donors (Lipinski definition) is 2. The molecule has 1 aromatic rings. The monoisotopic (exact) mass is 265 g/mol. The lowest BCUT2D eigenvalue weighted by Crippen LogP contribution is -2.41. The van der Waals surface area contributed by atoms with Gasteiger partial charge in [-0.15, -0.1) is 0 Å². The number of amides is 1. The van der Waals surface area contributed by atoms with Gasteiger partial charge in [-0.05, 0) is 31.4 Å². The summed E-state index contributed by atoms with van der Waals surface area (Å²) in [6.07, 6.45) is 1.66. The standard InChI is InChI=1S/C15H23NO3/c1-4-12(5-2)16(9-10-17)15(19)13-8-6-7-11(3)14(13)18/h6-8,12,17-18H,4-5,9-10H2,1-3H3. The molecule has 4 nitrogen and oxygen atoms in total. The van der Waals surface area contributed by atoms with Crippen molar-refractivity contribution in [2.75, 3.05) is 13.2 Å². The third-order valence-electron chi connectivity index (χ3n) is 3.45. The number of nitrogens with zero attached hydrogens (tertiary/aromatic N) is 1. The van der Waals surface area contributed by atoms with E-state index >= 15 is 0 Å². The Kier molecular flexibility index (Phi) is 5.83. The van der Waals surface area contributed by atoms with Crippen LogP contribution >= 0.6 is 0 Å². The molecular formula is C15H23NO3. The normalized spacial score (nSPS) is 10.8. The number of aryl methyl sites for hydroxylation is 1. The second-order valence-electron chi connectivity index (χ2n) is 4.66. The van der Waals surface area contributed by atoms with E-state index in [0.717, 1.165) is 12.8 Å². The molecule has 1 rings (SSSR count). The van der Waals surface area contributed by atoms with Crippen molar-refractivity contribution in [3.05, 3.63) is 29.3 Å². The van der Waals surface area contributed by atoms with E-state index in [1.54, 1.807) is 30.0 Å². The summed E-state index contributed by atoms with van der Waals surface area (Å²) in [5.74, 6) is -0.189. The Bertz CT molecular complexity index is 427. The molecule has 0 atom stereocenters. The summed E-state index contributed by atoms with van der Waals surface area (Å²) in [5, 5.41) is 19.1. The molecule has 2 N–H and O–H groups in total. The molecule has 0 aromatic heterocycles. The Balaban J connectivity index is 3.08. The Labute approximate surface area is 114 Å². The number of hydrogen-bond acceptors (Lipinski definition) is 3. The molecule has 19 heavy (non-hydrogen) atoms. The van der Waals surface area contributed by atoms with Crippen molar-refractivity contribution in [2.24, 2.45) is 0 Å². The van der Waals surface area contributed by atoms with Gasteiger partial charge < -0.3 is 15.1 Å². The van der Waals surface area contributed by atoms with Gasteiger partial charge in [0.25, 0.3) is 5.91 Å². The highest BCUT2D eigenvalue weighted by Gasteiger charge is 2.24. The molecule has 0 radical (unpaired) electrons. The van der Waals surface area contributed by atoms with Gasteiger partial charge in [0.15, 0.2) is 0 Å². The third-order valence-corrected chi connectivity index (χ3v) is 3.45. The summed E-state index contributed by atoms with van der Waals surface area (Å²) in [4.78, 5) is 14.2. The topological polar surface area (TPSA) is 60.8 Å². The largest absolute Gasteiger partial charge is 0.507 e. The van der Waals surface area contributed by atoms with Gasteiger partial charge in [0.2, 0.25) is 0 Å².